The highest BCUT2D eigenvalue weighted by molar-refractivity contribution is 5.93. The second-order valence-electron chi connectivity index (χ2n) is 4.50. The fourth-order valence-electron chi connectivity index (χ4n) is 2.08. The van der Waals surface area contributed by atoms with Crippen LogP contribution in [-0.4, -0.2) is 53.7 Å². The third-order valence-corrected chi connectivity index (χ3v) is 3.22. The standard InChI is InChI=1S/C13H20N4O3/c1-3-17-5-6-20-10(8-17)12-15-7-9(11(14)16-12)13(18)19-4-2/h7,10H,3-6,8H2,1-2H3,(H2,14,15,16). The number of carbonyl (C=O) groups is 1. The van der Waals surface area contributed by atoms with Crippen molar-refractivity contribution in [1.82, 2.24) is 14.9 Å². The van der Waals surface area contributed by atoms with Crippen LogP contribution in [0.3, 0.4) is 0 Å². The summed E-state index contributed by atoms with van der Waals surface area (Å²) in [6, 6.07) is 0. The van der Waals surface area contributed by atoms with Crippen LogP contribution in [-0.2, 0) is 9.47 Å². The van der Waals surface area contributed by atoms with Crippen LogP contribution in [0.25, 0.3) is 0 Å². The summed E-state index contributed by atoms with van der Waals surface area (Å²) in [5.74, 6) is 0.135. The average Bonchev–Trinajstić information content (AvgIpc) is 2.47. The second kappa shape index (κ2) is 6.62. The molecule has 2 rings (SSSR count). The van der Waals surface area contributed by atoms with Gasteiger partial charge in [0.15, 0.2) is 5.82 Å². The van der Waals surface area contributed by atoms with Crippen LogP contribution in [0.2, 0.25) is 0 Å². The maximum Gasteiger partial charge on any atom is 0.343 e. The third-order valence-electron chi connectivity index (χ3n) is 3.22. The number of likely N-dealkylation sites (N-methyl/N-ethyl adjacent to an activating group) is 1. The number of hydrogen-bond acceptors (Lipinski definition) is 7. The van der Waals surface area contributed by atoms with Crippen LogP contribution in [0.5, 0.6) is 0 Å². The van der Waals surface area contributed by atoms with Crippen LogP contribution in [0.4, 0.5) is 5.82 Å². The molecule has 7 nitrogen and oxygen atoms in total. The molecule has 1 saturated heterocycles. The molecule has 0 saturated carbocycles. The number of hydrogen-bond donors (Lipinski definition) is 1. The van der Waals surface area contributed by atoms with Crippen molar-refractivity contribution in [2.75, 3.05) is 38.6 Å². The summed E-state index contributed by atoms with van der Waals surface area (Å²) >= 11 is 0. The van der Waals surface area contributed by atoms with Crippen LogP contribution >= 0.6 is 0 Å². The normalized spacial score (nSPS) is 19.8. The van der Waals surface area contributed by atoms with Gasteiger partial charge in [0.1, 0.15) is 17.5 Å². The molecule has 1 aliphatic rings. The van der Waals surface area contributed by atoms with Gasteiger partial charge in [-0.25, -0.2) is 14.8 Å². The van der Waals surface area contributed by atoms with Crippen molar-refractivity contribution in [3.05, 3.63) is 17.6 Å². The molecule has 1 aromatic rings. The molecule has 2 heterocycles. The van der Waals surface area contributed by atoms with Gasteiger partial charge in [0.05, 0.1) is 13.2 Å². The van der Waals surface area contributed by atoms with Crippen molar-refractivity contribution in [1.29, 1.82) is 0 Å². The van der Waals surface area contributed by atoms with E-state index in [1.807, 2.05) is 0 Å². The zero-order chi connectivity index (χ0) is 14.5. The molecule has 0 aromatic carbocycles. The monoisotopic (exact) mass is 280 g/mol. The van der Waals surface area contributed by atoms with Gasteiger partial charge in [0.2, 0.25) is 0 Å². The number of nitrogens with zero attached hydrogens (tertiary/aromatic N) is 3. The van der Waals surface area contributed by atoms with Gasteiger partial charge < -0.3 is 15.2 Å². The van der Waals surface area contributed by atoms with Gasteiger partial charge in [-0.3, -0.25) is 4.90 Å². The number of anilines is 1. The predicted octanol–water partition coefficient (Wildman–Crippen LogP) is 0.629. The molecule has 7 heteroatoms. The largest absolute Gasteiger partial charge is 0.462 e. The Labute approximate surface area is 118 Å². The predicted molar refractivity (Wildman–Crippen MR) is 73.2 cm³/mol. The zero-order valence-electron chi connectivity index (χ0n) is 11.8. The molecule has 1 unspecified atom stereocenters. The molecule has 0 amide bonds. The fraction of sp³-hybridized carbons (Fsp3) is 0.615. The summed E-state index contributed by atoms with van der Waals surface area (Å²) in [5.41, 5.74) is 6.00. The SMILES string of the molecule is CCOC(=O)c1cnc(C2CN(CC)CCO2)nc1N. The minimum absolute atomic E-state index is 0.130. The Kier molecular flexibility index (Phi) is 4.86. The maximum absolute atomic E-state index is 11.6. The van der Waals surface area contributed by atoms with E-state index in [1.54, 1.807) is 6.92 Å². The molecular formula is C13H20N4O3. The first kappa shape index (κ1) is 14.7. The molecular weight excluding hydrogens is 260 g/mol. The first-order chi connectivity index (χ1) is 9.65. The van der Waals surface area contributed by atoms with Gasteiger partial charge in [0, 0.05) is 19.3 Å². The first-order valence-electron chi connectivity index (χ1n) is 6.79. The van der Waals surface area contributed by atoms with Gasteiger partial charge >= 0.3 is 5.97 Å². The fourth-order valence-corrected chi connectivity index (χ4v) is 2.08. The number of esters is 1. The molecule has 0 bridgehead atoms. The smallest absolute Gasteiger partial charge is 0.343 e. The number of nitrogen functional groups attached to an aromatic ring is 1. The molecule has 1 aliphatic heterocycles. The number of carbonyl (C=O) groups excluding carboxylic acids is 1. The highest BCUT2D eigenvalue weighted by atomic mass is 16.5. The summed E-state index contributed by atoms with van der Waals surface area (Å²) in [4.78, 5) is 22.3. The van der Waals surface area contributed by atoms with E-state index in [4.69, 9.17) is 15.2 Å². The molecule has 110 valence electrons. The lowest BCUT2D eigenvalue weighted by molar-refractivity contribution is -0.0325. The quantitative estimate of drug-likeness (QED) is 0.809. The highest BCUT2D eigenvalue weighted by Crippen LogP contribution is 2.20. The summed E-state index contributed by atoms with van der Waals surface area (Å²) in [5, 5.41) is 0. The molecule has 1 aromatic heterocycles. The molecule has 20 heavy (non-hydrogen) atoms. The Balaban J connectivity index is 2.14. The van der Waals surface area contributed by atoms with E-state index >= 15 is 0 Å². The van der Waals surface area contributed by atoms with Gasteiger partial charge in [-0.05, 0) is 13.5 Å². The lowest BCUT2D eigenvalue weighted by Crippen LogP contribution is -2.38. The first-order valence-corrected chi connectivity index (χ1v) is 6.79. The Morgan fingerprint density at radius 2 is 2.40 bits per heavy atom. The van der Waals surface area contributed by atoms with E-state index in [0.29, 0.717) is 12.4 Å². The van der Waals surface area contributed by atoms with Crippen molar-refractivity contribution in [2.24, 2.45) is 0 Å². The summed E-state index contributed by atoms with van der Waals surface area (Å²) in [7, 11) is 0. The van der Waals surface area contributed by atoms with Gasteiger partial charge in [-0.1, -0.05) is 6.92 Å². The van der Waals surface area contributed by atoms with Crippen LogP contribution < -0.4 is 5.73 Å². The molecule has 1 atom stereocenters. The Bertz CT molecular complexity index is 481. The maximum atomic E-state index is 11.6. The van der Waals surface area contributed by atoms with Crippen LogP contribution in [0.1, 0.15) is 36.1 Å². The summed E-state index contributed by atoms with van der Waals surface area (Å²) < 4.78 is 10.6. The molecule has 0 aliphatic carbocycles. The van der Waals surface area contributed by atoms with Crippen LogP contribution in [0.15, 0.2) is 6.20 Å². The summed E-state index contributed by atoms with van der Waals surface area (Å²) in [6.07, 6.45) is 1.20. The Morgan fingerprint density at radius 3 is 3.05 bits per heavy atom. The molecule has 0 radical (unpaired) electrons. The highest BCUT2D eigenvalue weighted by Gasteiger charge is 2.24. The number of morpholine rings is 1. The lowest BCUT2D eigenvalue weighted by atomic mass is 10.2. The van der Waals surface area contributed by atoms with Gasteiger partial charge in [-0.15, -0.1) is 0 Å². The average molecular weight is 280 g/mol. The van der Waals surface area contributed by atoms with E-state index in [1.165, 1.54) is 6.20 Å². The van der Waals surface area contributed by atoms with Crippen molar-refractivity contribution >= 4 is 11.8 Å². The van der Waals surface area contributed by atoms with Crippen molar-refractivity contribution in [3.63, 3.8) is 0 Å². The summed E-state index contributed by atoms with van der Waals surface area (Å²) in [6.45, 7) is 7.35. The molecule has 2 N–H and O–H groups in total. The Hall–Kier alpha value is -1.73. The number of ether oxygens (including phenoxy) is 2. The van der Waals surface area contributed by atoms with Gasteiger partial charge in [0.25, 0.3) is 0 Å². The van der Waals surface area contributed by atoms with E-state index in [9.17, 15) is 4.79 Å². The minimum atomic E-state index is -0.503. The number of nitrogens with two attached hydrogens (primary N) is 1. The molecule has 0 spiro atoms. The number of aromatic nitrogens is 2. The Morgan fingerprint density at radius 1 is 1.60 bits per heavy atom. The lowest BCUT2D eigenvalue weighted by Gasteiger charge is -2.31. The van der Waals surface area contributed by atoms with Crippen molar-refractivity contribution in [2.45, 2.75) is 20.0 Å². The number of rotatable bonds is 4. The van der Waals surface area contributed by atoms with E-state index < -0.39 is 5.97 Å². The topological polar surface area (TPSA) is 90.6 Å². The second-order valence-corrected chi connectivity index (χ2v) is 4.50. The van der Waals surface area contributed by atoms with Crippen molar-refractivity contribution in [3.8, 4) is 0 Å². The third kappa shape index (κ3) is 3.23. The zero-order valence-corrected chi connectivity index (χ0v) is 11.8. The van der Waals surface area contributed by atoms with E-state index in [2.05, 4.69) is 21.8 Å². The molecule has 1 fully saturated rings. The van der Waals surface area contributed by atoms with Gasteiger partial charge in [-0.2, -0.15) is 0 Å². The van der Waals surface area contributed by atoms with Crippen molar-refractivity contribution < 1.29 is 14.3 Å². The van der Waals surface area contributed by atoms with Crippen LogP contribution in [0, 0.1) is 0 Å². The minimum Gasteiger partial charge on any atom is -0.462 e. The van der Waals surface area contributed by atoms with E-state index in [-0.39, 0.29) is 24.1 Å². The van der Waals surface area contributed by atoms with E-state index in [0.717, 1.165) is 19.6 Å².